The lowest BCUT2D eigenvalue weighted by Gasteiger charge is -2.40. The van der Waals surface area contributed by atoms with Crippen LogP contribution in [0.3, 0.4) is 0 Å². The quantitative estimate of drug-likeness (QED) is 0.437. The summed E-state index contributed by atoms with van der Waals surface area (Å²) in [5.74, 6) is 0.502. The summed E-state index contributed by atoms with van der Waals surface area (Å²) in [6, 6.07) is 14.7. The molecule has 1 N–H and O–H groups in total. The summed E-state index contributed by atoms with van der Waals surface area (Å²) in [6.07, 6.45) is 5.68. The molecule has 4 aromatic rings. The summed E-state index contributed by atoms with van der Waals surface area (Å²) >= 11 is 0. The molecule has 1 aliphatic carbocycles. The number of nitrogens with zero attached hydrogens (tertiary/aromatic N) is 6. The number of halogens is 1. The first-order valence-electron chi connectivity index (χ1n) is 13.2. The van der Waals surface area contributed by atoms with Crippen LogP contribution in [0, 0.1) is 12.7 Å². The lowest BCUT2D eigenvalue weighted by molar-refractivity contribution is 0.192. The molecule has 192 valence electrons. The third-order valence-electron chi connectivity index (χ3n) is 7.88. The fourth-order valence-electron chi connectivity index (χ4n) is 5.89. The Hall–Kier alpha value is -3.59. The fraction of sp³-hybridized carbons (Fsp3) is 0.429. The third kappa shape index (κ3) is 4.75. The van der Waals surface area contributed by atoms with Gasteiger partial charge in [0.2, 0.25) is 0 Å². The highest BCUT2D eigenvalue weighted by atomic mass is 19.1. The van der Waals surface area contributed by atoms with Gasteiger partial charge >= 0.3 is 0 Å². The maximum atomic E-state index is 13.5. The predicted molar refractivity (Wildman–Crippen MR) is 141 cm³/mol. The van der Waals surface area contributed by atoms with Crippen LogP contribution in [-0.2, 0) is 0 Å². The molecule has 1 saturated carbocycles. The standard InChI is InChI=1S/C28H32FN7O/c1-19-7-8-20-18-24(28(37)30-25(20)17-19)26(27-31-32-33-36(27)23-5-3-2-4-6-23)35-15-13-34(14-16-35)22-11-9-21(29)10-12-22/h7-12,17-18,23,26H,2-6,13-16H2,1H3,(H,30,37)/t26-/m0/s1. The minimum atomic E-state index is -0.359. The number of rotatable bonds is 5. The fourth-order valence-corrected chi connectivity index (χ4v) is 5.89. The van der Waals surface area contributed by atoms with Gasteiger partial charge in [0.05, 0.1) is 6.04 Å². The summed E-state index contributed by atoms with van der Waals surface area (Å²) in [7, 11) is 0. The first kappa shape index (κ1) is 23.8. The van der Waals surface area contributed by atoms with Gasteiger partial charge in [0, 0.05) is 42.9 Å². The van der Waals surface area contributed by atoms with E-state index in [1.54, 1.807) is 0 Å². The van der Waals surface area contributed by atoms with Gasteiger partial charge in [0.15, 0.2) is 5.82 Å². The highest BCUT2D eigenvalue weighted by Crippen LogP contribution is 2.34. The van der Waals surface area contributed by atoms with Crippen molar-refractivity contribution in [3.05, 3.63) is 81.7 Å². The Morgan fingerprint density at radius 1 is 0.973 bits per heavy atom. The van der Waals surface area contributed by atoms with Gasteiger partial charge in [0.1, 0.15) is 11.9 Å². The molecule has 0 unspecified atom stereocenters. The van der Waals surface area contributed by atoms with E-state index in [1.165, 1.54) is 31.4 Å². The van der Waals surface area contributed by atoms with Gasteiger partial charge in [-0.2, -0.15) is 0 Å². The van der Waals surface area contributed by atoms with Crippen molar-refractivity contribution in [2.45, 2.75) is 51.1 Å². The van der Waals surface area contributed by atoms with E-state index in [-0.39, 0.29) is 23.5 Å². The molecule has 6 rings (SSSR count). The molecule has 2 aliphatic rings. The van der Waals surface area contributed by atoms with Crippen molar-refractivity contribution < 1.29 is 4.39 Å². The smallest absolute Gasteiger partial charge is 0.253 e. The summed E-state index contributed by atoms with van der Waals surface area (Å²) in [5.41, 5.74) is 3.50. The molecule has 9 heteroatoms. The number of pyridine rings is 1. The zero-order chi connectivity index (χ0) is 25.4. The second kappa shape index (κ2) is 10.0. The minimum absolute atomic E-state index is 0.109. The van der Waals surface area contributed by atoms with Gasteiger partial charge in [-0.15, -0.1) is 5.10 Å². The van der Waals surface area contributed by atoms with Crippen molar-refractivity contribution in [3.8, 4) is 0 Å². The summed E-state index contributed by atoms with van der Waals surface area (Å²) < 4.78 is 15.4. The molecule has 0 radical (unpaired) electrons. The number of piperazine rings is 1. The second-order valence-corrected chi connectivity index (χ2v) is 10.3. The Morgan fingerprint density at radius 3 is 2.49 bits per heavy atom. The number of hydrogen-bond acceptors (Lipinski definition) is 6. The van der Waals surface area contributed by atoms with Gasteiger partial charge in [-0.25, -0.2) is 9.07 Å². The Labute approximate surface area is 215 Å². The van der Waals surface area contributed by atoms with E-state index < -0.39 is 0 Å². The Balaban J connectivity index is 1.38. The van der Waals surface area contributed by atoms with Crippen LogP contribution in [0.2, 0.25) is 0 Å². The van der Waals surface area contributed by atoms with Gasteiger partial charge in [-0.05, 0) is 77.5 Å². The Bertz CT molecular complexity index is 1430. The molecule has 1 atom stereocenters. The monoisotopic (exact) mass is 501 g/mol. The van der Waals surface area contributed by atoms with Crippen LogP contribution in [-0.4, -0.2) is 56.3 Å². The van der Waals surface area contributed by atoms with E-state index in [1.807, 2.05) is 35.9 Å². The molecular weight excluding hydrogens is 469 g/mol. The molecule has 0 bridgehead atoms. The average Bonchev–Trinajstić information content (AvgIpc) is 3.40. The largest absolute Gasteiger partial charge is 0.369 e. The normalized spacial score (nSPS) is 18.4. The lowest BCUT2D eigenvalue weighted by atomic mass is 9.95. The number of nitrogens with one attached hydrogen (secondary N) is 1. The van der Waals surface area contributed by atoms with Crippen molar-refractivity contribution in [1.82, 2.24) is 30.1 Å². The molecule has 37 heavy (non-hydrogen) atoms. The molecule has 1 saturated heterocycles. The van der Waals surface area contributed by atoms with E-state index in [0.29, 0.717) is 5.56 Å². The van der Waals surface area contributed by atoms with Crippen LogP contribution in [0.5, 0.6) is 0 Å². The molecule has 1 aliphatic heterocycles. The minimum Gasteiger partial charge on any atom is -0.369 e. The van der Waals surface area contributed by atoms with Crippen molar-refractivity contribution >= 4 is 16.6 Å². The second-order valence-electron chi connectivity index (χ2n) is 10.3. The number of aromatic amines is 1. The van der Waals surface area contributed by atoms with E-state index in [9.17, 15) is 9.18 Å². The molecule has 2 fully saturated rings. The van der Waals surface area contributed by atoms with Crippen LogP contribution in [0.25, 0.3) is 10.9 Å². The first-order chi connectivity index (χ1) is 18.1. The molecular formula is C28H32FN7O. The lowest BCUT2D eigenvalue weighted by Crippen LogP contribution is -2.49. The molecule has 8 nitrogen and oxygen atoms in total. The van der Waals surface area contributed by atoms with Gasteiger partial charge in [-0.3, -0.25) is 9.69 Å². The van der Waals surface area contributed by atoms with Crippen LogP contribution >= 0.6 is 0 Å². The van der Waals surface area contributed by atoms with Crippen LogP contribution in [0.15, 0.2) is 53.3 Å². The molecule has 0 spiro atoms. The SMILES string of the molecule is Cc1ccc2cc([C@@H](c3nnnn3C3CCCCC3)N3CCN(c4ccc(F)cc4)CC3)c(=O)[nH]c2c1. The summed E-state index contributed by atoms with van der Waals surface area (Å²) in [6.45, 7) is 5.00. The van der Waals surface area contributed by atoms with Crippen molar-refractivity contribution in [2.24, 2.45) is 0 Å². The van der Waals surface area contributed by atoms with Crippen molar-refractivity contribution in [3.63, 3.8) is 0 Å². The average molecular weight is 502 g/mol. The van der Waals surface area contributed by atoms with E-state index in [4.69, 9.17) is 0 Å². The first-order valence-corrected chi connectivity index (χ1v) is 13.2. The summed E-state index contributed by atoms with van der Waals surface area (Å²) in [4.78, 5) is 21.2. The number of aryl methyl sites for hydroxylation is 1. The number of H-pyrrole nitrogens is 1. The topological polar surface area (TPSA) is 82.9 Å². The molecule has 2 aromatic heterocycles. The predicted octanol–water partition coefficient (Wildman–Crippen LogP) is 4.38. The van der Waals surface area contributed by atoms with Gasteiger partial charge in [0.25, 0.3) is 5.56 Å². The maximum Gasteiger partial charge on any atom is 0.253 e. The highest BCUT2D eigenvalue weighted by Gasteiger charge is 2.34. The zero-order valence-electron chi connectivity index (χ0n) is 21.1. The van der Waals surface area contributed by atoms with Crippen molar-refractivity contribution in [1.29, 1.82) is 0 Å². The Kier molecular flexibility index (Phi) is 6.46. The number of hydrogen-bond donors (Lipinski definition) is 1. The Morgan fingerprint density at radius 2 is 1.73 bits per heavy atom. The highest BCUT2D eigenvalue weighted by molar-refractivity contribution is 5.79. The van der Waals surface area contributed by atoms with Crippen LogP contribution in [0.1, 0.15) is 61.1 Å². The third-order valence-corrected chi connectivity index (χ3v) is 7.88. The van der Waals surface area contributed by atoms with Crippen molar-refractivity contribution in [2.75, 3.05) is 31.1 Å². The number of anilines is 1. The zero-order valence-corrected chi connectivity index (χ0v) is 21.1. The van der Waals surface area contributed by atoms with E-state index >= 15 is 0 Å². The van der Waals surface area contributed by atoms with Gasteiger partial charge in [-0.1, -0.05) is 31.4 Å². The number of aromatic nitrogens is 5. The molecule has 3 heterocycles. The van der Waals surface area contributed by atoms with E-state index in [2.05, 4.69) is 42.4 Å². The molecule has 2 aromatic carbocycles. The number of benzene rings is 2. The summed E-state index contributed by atoms with van der Waals surface area (Å²) in [5, 5.41) is 14.0. The molecule has 0 amide bonds. The van der Waals surface area contributed by atoms with Crippen LogP contribution < -0.4 is 10.5 Å². The van der Waals surface area contributed by atoms with Gasteiger partial charge < -0.3 is 9.88 Å². The van der Waals surface area contributed by atoms with E-state index in [0.717, 1.165) is 67.0 Å². The van der Waals surface area contributed by atoms with Crippen LogP contribution in [0.4, 0.5) is 10.1 Å². The maximum absolute atomic E-state index is 13.5. The number of tetrazole rings is 1. The number of fused-ring (bicyclic) bond motifs is 1.